The molecule has 1 aromatic rings. The number of sulfone groups is 1. The van der Waals surface area contributed by atoms with Crippen LogP contribution in [0.15, 0.2) is 0 Å². The van der Waals surface area contributed by atoms with Crippen molar-refractivity contribution in [3.63, 3.8) is 0 Å². The molecule has 0 amide bonds. The average Bonchev–Trinajstić information content (AvgIpc) is 2.28. The maximum absolute atomic E-state index is 11.6. The molecule has 5 nitrogen and oxygen atoms in total. The van der Waals surface area contributed by atoms with Crippen molar-refractivity contribution in [1.29, 1.82) is 0 Å². The van der Waals surface area contributed by atoms with Crippen LogP contribution >= 0.6 is 22.6 Å². The molecule has 18 heavy (non-hydrogen) atoms. The van der Waals surface area contributed by atoms with Gasteiger partial charge in [0.25, 0.3) is 0 Å². The molecule has 1 heterocycles. The van der Waals surface area contributed by atoms with Crippen molar-refractivity contribution in [2.45, 2.75) is 32.4 Å². The van der Waals surface area contributed by atoms with Crippen LogP contribution in [-0.2, 0) is 9.84 Å². The highest BCUT2D eigenvalue weighted by atomic mass is 127. The topological polar surface area (TPSA) is 72.0 Å². The summed E-state index contributed by atoms with van der Waals surface area (Å²) in [6, 6.07) is 0. The number of hydrogen-bond donors (Lipinski definition) is 1. The van der Waals surface area contributed by atoms with E-state index in [9.17, 15) is 8.42 Å². The molecule has 0 spiro atoms. The molecule has 0 bridgehead atoms. The van der Waals surface area contributed by atoms with E-state index in [1.54, 1.807) is 6.92 Å². The maximum Gasteiger partial charge on any atom is 0.157 e. The second kappa shape index (κ2) is 6.14. The lowest BCUT2D eigenvalue weighted by atomic mass is 10.3. The maximum atomic E-state index is 11.6. The van der Waals surface area contributed by atoms with Gasteiger partial charge in [0.15, 0.2) is 9.84 Å². The van der Waals surface area contributed by atoms with Crippen molar-refractivity contribution >= 4 is 38.2 Å². The van der Waals surface area contributed by atoms with E-state index in [2.05, 4.69) is 44.8 Å². The number of aromatic nitrogens is 2. The van der Waals surface area contributed by atoms with Crippen LogP contribution < -0.4 is 5.32 Å². The zero-order valence-electron chi connectivity index (χ0n) is 11.0. The lowest BCUT2D eigenvalue weighted by molar-refractivity contribution is 0.589. The van der Waals surface area contributed by atoms with E-state index in [-0.39, 0.29) is 0 Å². The fraction of sp³-hybridized carbons (Fsp3) is 0.636. The van der Waals surface area contributed by atoms with Gasteiger partial charge in [0.1, 0.15) is 16.9 Å². The molecule has 0 saturated heterocycles. The van der Waals surface area contributed by atoms with Crippen molar-refractivity contribution < 1.29 is 8.42 Å². The molecule has 0 aliphatic rings. The molecule has 0 fully saturated rings. The van der Waals surface area contributed by atoms with Crippen LogP contribution in [-0.4, -0.2) is 31.2 Å². The minimum absolute atomic E-state index is 0.356. The Morgan fingerprint density at radius 2 is 2.00 bits per heavy atom. The number of anilines is 1. The van der Waals surface area contributed by atoms with Gasteiger partial charge in [-0.2, -0.15) is 0 Å². The molecule has 0 radical (unpaired) electrons. The third-order valence-electron chi connectivity index (χ3n) is 2.58. The zero-order chi connectivity index (χ0) is 13.9. The number of hydrogen-bond acceptors (Lipinski definition) is 5. The van der Waals surface area contributed by atoms with E-state index in [0.717, 1.165) is 28.0 Å². The molecule has 0 aromatic carbocycles. The number of nitrogens with zero attached hydrogens (tertiary/aromatic N) is 2. The highest BCUT2D eigenvalue weighted by Gasteiger charge is 2.22. The van der Waals surface area contributed by atoms with Gasteiger partial charge < -0.3 is 5.32 Å². The predicted molar refractivity (Wildman–Crippen MR) is 81.5 cm³/mol. The summed E-state index contributed by atoms with van der Waals surface area (Å²) >= 11 is 2.17. The Bertz CT molecular complexity index is 531. The molecular weight excluding hydrogens is 365 g/mol. The van der Waals surface area contributed by atoms with Crippen LogP contribution in [0, 0.1) is 10.5 Å². The summed E-state index contributed by atoms with van der Waals surface area (Å²) in [4.78, 5) is 8.60. The third-order valence-corrected chi connectivity index (χ3v) is 5.37. The summed E-state index contributed by atoms with van der Waals surface area (Å²) in [7, 11) is -3.18. The fourth-order valence-electron chi connectivity index (χ4n) is 1.31. The summed E-state index contributed by atoms with van der Waals surface area (Å²) in [6.07, 6.45) is 2.18. The summed E-state index contributed by atoms with van der Waals surface area (Å²) in [5, 5.41) is 2.51. The van der Waals surface area contributed by atoms with Crippen molar-refractivity contribution in [3.05, 3.63) is 15.1 Å². The highest BCUT2D eigenvalue weighted by molar-refractivity contribution is 14.1. The third kappa shape index (κ3) is 3.78. The van der Waals surface area contributed by atoms with E-state index >= 15 is 0 Å². The minimum atomic E-state index is -3.18. The van der Waals surface area contributed by atoms with E-state index in [1.807, 2.05) is 6.92 Å². The SMILES string of the molecule is CCCNc1nc(C(C)S(C)(=O)=O)nc(C)c1I. The Labute approximate surface area is 122 Å². The first-order valence-electron chi connectivity index (χ1n) is 5.74. The van der Waals surface area contributed by atoms with Gasteiger partial charge in [0.05, 0.1) is 9.26 Å². The summed E-state index contributed by atoms with van der Waals surface area (Å²) in [6.45, 7) is 6.34. The number of halogens is 1. The van der Waals surface area contributed by atoms with Crippen LogP contribution in [0.3, 0.4) is 0 Å². The van der Waals surface area contributed by atoms with Gasteiger partial charge in [-0.3, -0.25) is 0 Å². The van der Waals surface area contributed by atoms with Crippen LogP contribution in [0.1, 0.15) is 37.0 Å². The fourth-order valence-corrected chi connectivity index (χ4v) is 2.23. The first-order chi connectivity index (χ1) is 8.27. The average molecular weight is 383 g/mol. The Morgan fingerprint density at radius 3 is 2.50 bits per heavy atom. The largest absolute Gasteiger partial charge is 0.369 e. The standard InChI is InChI=1S/C11H18IN3O2S/c1-5-6-13-11-9(12)7(2)14-10(15-11)8(3)18(4,16)17/h8H,5-6H2,1-4H3,(H,13,14,15). The Hall–Kier alpha value is -0.440. The molecule has 102 valence electrons. The van der Waals surface area contributed by atoms with Crippen molar-refractivity contribution in [3.8, 4) is 0 Å². The Balaban J connectivity index is 3.19. The normalized spacial score (nSPS) is 13.4. The van der Waals surface area contributed by atoms with E-state index in [4.69, 9.17) is 0 Å². The van der Waals surface area contributed by atoms with Gasteiger partial charge >= 0.3 is 0 Å². The van der Waals surface area contributed by atoms with Gasteiger partial charge in [0.2, 0.25) is 0 Å². The number of rotatable bonds is 5. The van der Waals surface area contributed by atoms with Crippen LogP contribution in [0.25, 0.3) is 0 Å². The second-order valence-electron chi connectivity index (χ2n) is 4.23. The first-order valence-corrected chi connectivity index (χ1v) is 8.77. The van der Waals surface area contributed by atoms with Gasteiger partial charge in [-0.15, -0.1) is 0 Å². The van der Waals surface area contributed by atoms with Crippen LogP contribution in [0.5, 0.6) is 0 Å². The van der Waals surface area contributed by atoms with Gasteiger partial charge in [0, 0.05) is 12.8 Å². The quantitative estimate of drug-likeness (QED) is 0.791. The minimum Gasteiger partial charge on any atom is -0.369 e. The van der Waals surface area contributed by atoms with Gasteiger partial charge in [-0.05, 0) is 42.9 Å². The molecule has 1 atom stereocenters. The van der Waals surface area contributed by atoms with Crippen molar-refractivity contribution in [2.24, 2.45) is 0 Å². The molecule has 1 unspecified atom stereocenters. The number of aryl methyl sites for hydroxylation is 1. The smallest absolute Gasteiger partial charge is 0.157 e. The van der Waals surface area contributed by atoms with Crippen molar-refractivity contribution in [2.75, 3.05) is 18.1 Å². The molecule has 0 aliphatic carbocycles. The lowest BCUT2D eigenvalue weighted by Crippen LogP contribution is -2.15. The summed E-state index contributed by atoms with van der Waals surface area (Å²) < 4.78 is 24.0. The van der Waals surface area contributed by atoms with E-state index < -0.39 is 15.1 Å². The van der Waals surface area contributed by atoms with E-state index in [1.165, 1.54) is 6.26 Å². The summed E-state index contributed by atoms with van der Waals surface area (Å²) in [5.74, 6) is 1.07. The summed E-state index contributed by atoms with van der Waals surface area (Å²) in [5.41, 5.74) is 0.801. The molecule has 0 aliphatic heterocycles. The van der Waals surface area contributed by atoms with Crippen molar-refractivity contribution in [1.82, 2.24) is 9.97 Å². The molecule has 0 saturated carbocycles. The monoisotopic (exact) mass is 383 g/mol. The molecule has 7 heteroatoms. The Morgan fingerprint density at radius 1 is 1.39 bits per heavy atom. The second-order valence-corrected chi connectivity index (χ2v) is 7.67. The Kier molecular flexibility index (Phi) is 5.32. The molecule has 1 rings (SSSR count). The highest BCUT2D eigenvalue weighted by Crippen LogP contribution is 2.24. The molecule has 1 N–H and O–H groups in total. The molecular formula is C11H18IN3O2S. The lowest BCUT2D eigenvalue weighted by Gasteiger charge is -2.13. The first kappa shape index (κ1) is 15.6. The van der Waals surface area contributed by atoms with Crippen LogP contribution in [0.2, 0.25) is 0 Å². The number of nitrogens with one attached hydrogen (secondary N) is 1. The predicted octanol–water partition coefficient (Wildman–Crippen LogP) is 2.32. The zero-order valence-corrected chi connectivity index (χ0v) is 14.0. The van der Waals surface area contributed by atoms with E-state index in [0.29, 0.717) is 5.82 Å². The van der Waals surface area contributed by atoms with Gasteiger partial charge in [-0.25, -0.2) is 18.4 Å². The molecule has 1 aromatic heterocycles. The van der Waals surface area contributed by atoms with Crippen LogP contribution in [0.4, 0.5) is 5.82 Å². The van der Waals surface area contributed by atoms with Gasteiger partial charge in [-0.1, -0.05) is 6.92 Å².